The fourth-order valence-electron chi connectivity index (χ4n) is 2.23. The molecule has 1 unspecified atom stereocenters. The minimum absolute atomic E-state index is 0.533. The summed E-state index contributed by atoms with van der Waals surface area (Å²) >= 11 is 0. The summed E-state index contributed by atoms with van der Waals surface area (Å²) in [6.45, 7) is 2.17. The number of hydrogen-bond acceptors (Lipinski definition) is 3. The van der Waals surface area contributed by atoms with Gasteiger partial charge in [0.05, 0.1) is 6.20 Å². The van der Waals surface area contributed by atoms with E-state index < -0.39 is 0 Å². The molecule has 0 spiro atoms. The minimum Gasteiger partial charge on any atom is -0.316 e. The normalized spacial score (nSPS) is 22.0. The predicted octanol–water partition coefficient (Wildman–Crippen LogP) is 1.20. The highest BCUT2D eigenvalue weighted by Gasteiger charge is 2.19. The Balaban J connectivity index is 2.02. The Morgan fingerprint density at radius 3 is 3.27 bits per heavy atom. The van der Waals surface area contributed by atoms with Gasteiger partial charge in [0.15, 0.2) is 5.65 Å². The van der Waals surface area contributed by atoms with Crippen molar-refractivity contribution in [1.29, 1.82) is 0 Å². The Morgan fingerprint density at radius 1 is 1.40 bits per heavy atom. The number of fused-ring (bicyclic) bond motifs is 1. The van der Waals surface area contributed by atoms with Crippen molar-refractivity contribution in [2.24, 2.45) is 0 Å². The molecule has 2 aromatic heterocycles. The van der Waals surface area contributed by atoms with Crippen molar-refractivity contribution in [2.75, 3.05) is 13.1 Å². The molecule has 1 N–H and O–H groups in total. The first-order chi connectivity index (χ1) is 7.45. The maximum Gasteiger partial charge on any atom is 0.156 e. The van der Waals surface area contributed by atoms with Crippen LogP contribution in [0.3, 0.4) is 0 Å². The minimum atomic E-state index is 0.533. The van der Waals surface area contributed by atoms with Gasteiger partial charge in [-0.05, 0) is 25.5 Å². The van der Waals surface area contributed by atoms with Crippen LogP contribution in [0, 0.1) is 0 Å². The number of piperidine rings is 1. The molecule has 78 valence electrons. The number of rotatable bonds is 1. The third-order valence-corrected chi connectivity index (χ3v) is 3.00. The second-order valence-electron chi connectivity index (χ2n) is 4.01. The number of aromatic nitrogens is 3. The molecular weight excluding hydrogens is 188 g/mol. The van der Waals surface area contributed by atoms with Crippen LogP contribution in [0.2, 0.25) is 0 Å². The summed E-state index contributed by atoms with van der Waals surface area (Å²) in [5.41, 5.74) is 0.943. The standard InChI is InChI=1S/C11H14N4/c1-3-9(7-12-4-1)11-14-8-10-13-5-2-6-15(10)11/h2,5-6,8-9,12H,1,3-4,7H2. The van der Waals surface area contributed by atoms with Crippen molar-refractivity contribution in [2.45, 2.75) is 18.8 Å². The molecule has 3 heterocycles. The lowest BCUT2D eigenvalue weighted by atomic mass is 9.99. The zero-order chi connectivity index (χ0) is 10.1. The highest BCUT2D eigenvalue weighted by atomic mass is 15.1. The Bertz CT molecular complexity index is 456. The van der Waals surface area contributed by atoms with Crippen molar-refractivity contribution >= 4 is 5.65 Å². The van der Waals surface area contributed by atoms with Crippen LogP contribution in [-0.2, 0) is 0 Å². The smallest absolute Gasteiger partial charge is 0.156 e. The number of hydrogen-bond donors (Lipinski definition) is 1. The first-order valence-corrected chi connectivity index (χ1v) is 5.44. The quantitative estimate of drug-likeness (QED) is 0.755. The number of nitrogens with zero attached hydrogens (tertiary/aromatic N) is 3. The van der Waals surface area contributed by atoms with E-state index in [1.54, 1.807) is 6.20 Å². The van der Waals surface area contributed by atoms with Crippen LogP contribution in [0.25, 0.3) is 5.65 Å². The van der Waals surface area contributed by atoms with Gasteiger partial charge in [0.25, 0.3) is 0 Å². The average Bonchev–Trinajstić information content (AvgIpc) is 2.74. The molecule has 0 radical (unpaired) electrons. The van der Waals surface area contributed by atoms with E-state index in [4.69, 9.17) is 0 Å². The molecular formula is C11H14N4. The molecule has 2 aromatic rings. The maximum absolute atomic E-state index is 4.48. The molecule has 0 bridgehead atoms. The SMILES string of the molecule is c1cnc2cnc(C3CCCNC3)n2c1. The summed E-state index contributed by atoms with van der Waals surface area (Å²) in [7, 11) is 0. The second kappa shape index (κ2) is 3.62. The summed E-state index contributed by atoms with van der Waals surface area (Å²) in [6, 6.07) is 1.95. The van der Waals surface area contributed by atoms with Crippen LogP contribution in [0.15, 0.2) is 24.7 Å². The molecule has 1 fully saturated rings. The molecule has 1 aliphatic rings. The average molecular weight is 202 g/mol. The molecule has 4 heteroatoms. The van der Waals surface area contributed by atoms with Crippen molar-refractivity contribution in [1.82, 2.24) is 19.7 Å². The van der Waals surface area contributed by atoms with E-state index in [2.05, 4.69) is 19.7 Å². The van der Waals surface area contributed by atoms with Gasteiger partial charge in [-0.2, -0.15) is 0 Å². The maximum atomic E-state index is 4.48. The summed E-state index contributed by atoms with van der Waals surface area (Å²) in [5, 5.41) is 3.41. The van der Waals surface area contributed by atoms with Crippen LogP contribution in [-0.4, -0.2) is 27.5 Å². The molecule has 0 amide bonds. The van der Waals surface area contributed by atoms with Gasteiger partial charge >= 0.3 is 0 Å². The number of imidazole rings is 1. The fourth-order valence-corrected chi connectivity index (χ4v) is 2.23. The van der Waals surface area contributed by atoms with E-state index in [1.165, 1.54) is 12.8 Å². The first kappa shape index (κ1) is 8.85. The topological polar surface area (TPSA) is 42.2 Å². The molecule has 0 saturated carbocycles. The Labute approximate surface area is 88.4 Å². The molecule has 0 aliphatic carbocycles. The Kier molecular flexibility index (Phi) is 2.14. The molecule has 3 rings (SSSR count). The summed E-state index contributed by atoms with van der Waals surface area (Å²) in [6.07, 6.45) is 8.16. The zero-order valence-electron chi connectivity index (χ0n) is 8.56. The van der Waals surface area contributed by atoms with Crippen LogP contribution in [0.1, 0.15) is 24.6 Å². The lowest BCUT2D eigenvalue weighted by Gasteiger charge is -2.21. The lowest BCUT2D eigenvalue weighted by Crippen LogP contribution is -2.29. The van der Waals surface area contributed by atoms with Crippen LogP contribution in [0.4, 0.5) is 0 Å². The zero-order valence-corrected chi connectivity index (χ0v) is 8.56. The summed E-state index contributed by atoms with van der Waals surface area (Å²) in [5.74, 6) is 1.68. The van der Waals surface area contributed by atoms with E-state index in [0.29, 0.717) is 5.92 Å². The fraction of sp³-hybridized carbons (Fsp3) is 0.455. The third kappa shape index (κ3) is 1.51. The Morgan fingerprint density at radius 2 is 2.40 bits per heavy atom. The van der Waals surface area contributed by atoms with Crippen LogP contribution in [0.5, 0.6) is 0 Å². The van der Waals surface area contributed by atoms with Gasteiger partial charge in [-0.25, -0.2) is 9.97 Å². The summed E-state index contributed by atoms with van der Waals surface area (Å²) in [4.78, 5) is 8.76. The van der Waals surface area contributed by atoms with Gasteiger partial charge in [-0.15, -0.1) is 0 Å². The van der Waals surface area contributed by atoms with E-state index in [-0.39, 0.29) is 0 Å². The van der Waals surface area contributed by atoms with E-state index >= 15 is 0 Å². The first-order valence-electron chi connectivity index (χ1n) is 5.44. The molecule has 1 saturated heterocycles. The van der Waals surface area contributed by atoms with Gasteiger partial charge in [-0.3, -0.25) is 4.40 Å². The van der Waals surface area contributed by atoms with E-state index in [1.807, 2.05) is 18.5 Å². The molecule has 1 aliphatic heterocycles. The molecule has 15 heavy (non-hydrogen) atoms. The largest absolute Gasteiger partial charge is 0.316 e. The monoisotopic (exact) mass is 202 g/mol. The molecule has 4 nitrogen and oxygen atoms in total. The van der Waals surface area contributed by atoms with Crippen molar-refractivity contribution in [3.05, 3.63) is 30.5 Å². The third-order valence-electron chi connectivity index (χ3n) is 3.00. The Hall–Kier alpha value is -1.42. The summed E-state index contributed by atoms with van der Waals surface area (Å²) < 4.78 is 2.09. The molecule has 0 aromatic carbocycles. The van der Waals surface area contributed by atoms with Crippen LogP contribution < -0.4 is 5.32 Å². The molecule has 1 atom stereocenters. The van der Waals surface area contributed by atoms with Crippen LogP contribution >= 0.6 is 0 Å². The van der Waals surface area contributed by atoms with Crippen molar-refractivity contribution in [3.8, 4) is 0 Å². The van der Waals surface area contributed by atoms with Gasteiger partial charge in [0, 0.05) is 24.9 Å². The highest BCUT2D eigenvalue weighted by molar-refractivity contribution is 5.36. The lowest BCUT2D eigenvalue weighted by molar-refractivity contribution is 0.445. The van der Waals surface area contributed by atoms with Gasteiger partial charge < -0.3 is 5.32 Å². The van der Waals surface area contributed by atoms with E-state index in [0.717, 1.165) is 24.6 Å². The van der Waals surface area contributed by atoms with Crippen molar-refractivity contribution < 1.29 is 0 Å². The van der Waals surface area contributed by atoms with Crippen molar-refractivity contribution in [3.63, 3.8) is 0 Å². The van der Waals surface area contributed by atoms with Gasteiger partial charge in [-0.1, -0.05) is 0 Å². The predicted molar refractivity (Wildman–Crippen MR) is 57.8 cm³/mol. The van der Waals surface area contributed by atoms with E-state index in [9.17, 15) is 0 Å². The van der Waals surface area contributed by atoms with Gasteiger partial charge in [0.1, 0.15) is 5.82 Å². The second-order valence-corrected chi connectivity index (χ2v) is 4.01. The number of nitrogens with one attached hydrogen (secondary N) is 1. The van der Waals surface area contributed by atoms with Gasteiger partial charge in [0.2, 0.25) is 0 Å². The highest BCUT2D eigenvalue weighted by Crippen LogP contribution is 2.22.